The van der Waals surface area contributed by atoms with Crippen molar-refractivity contribution in [1.29, 1.82) is 0 Å². The molecule has 1 atom stereocenters. The number of fused-ring (bicyclic) bond motifs is 1. The number of halogens is 1. The Labute approximate surface area is 300 Å². The molecule has 49 heavy (non-hydrogen) atoms. The lowest BCUT2D eigenvalue weighted by Crippen LogP contribution is -2.40. The van der Waals surface area contributed by atoms with Crippen molar-refractivity contribution in [3.8, 4) is 23.0 Å². The molecule has 0 fully saturated rings. The SMILES string of the molecule is CCCC1=C(C(=O)OCC)[C@H](c2cc(OC)ccc2OC)n2c(s/c(=C/c3cc(I)c(OCc4cccc(C(=O)O)c4)c(OC)c3)c2=O)=N1. The maximum absolute atomic E-state index is 14.3. The van der Waals surface area contributed by atoms with Crippen LogP contribution in [-0.4, -0.2) is 49.5 Å². The topological polar surface area (TPSA) is 135 Å². The van der Waals surface area contributed by atoms with Crippen molar-refractivity contribution in [3.05, 3.63) is 111 Å². The van der Waals surface area contributed by atoms with Gasteiger partial charge in [-0.05, 0) is 95.6 Å². The Bertz CT molecular complexity index is 2120. The first-order valence-corrected chi connectivity index (χ1v) is 17.3. The van der Waals surface area contributed by atoms with E-state index in [-0.39, 0.29) is 29.9 Å². The lowest BCUT2D eigenvalue weighted by molar-refractivity contribution is -0.139. The fourth-order valence-corrected chi connectivity index (χ4v) is 7.33. The predicted octanol–water partition coefficient (Wildman–Crippen LogP) is 5.49. The number of hydrogen-bond acceptors (Lipinski definition) is 10. The van der Waals surface area contributed by atoms with Gasteiger partial charge in [0.2, 0.25) is 0 Å². The molecule has 11 nitrogen and oxygen atoms in total. The van der Waals surface area contributed by atoms with Crippen molar-refractivity contribution in [2.45, 2.75) is 39.3 Å². The second-order valence-corrected chi connectivity index (χ2v) is 13.0. The van der Waals surface area contributed by atoms with Crippen LogP contribution in [0.3, 0.4) is 0 Å². The normalized spacial score (nSPS) is 14.2. The summed E-state index contributed by atoms with van der Waals surface area (Å²) in [5.41, 5.74) is 2.59. The molecule has 1 aromatic heterocycles. The molecular formula is C36H35IN2O9S. The Hall–Kier alpha value is -4.63. The third-order valence-electron chi connectivity index (χ3n) is 7.73. The molecule has 1 aliphatic rings. The number of aromatic nitrogens is 1. The Morgan fingerprint density at radius 2 is 1.80 bits per heavy atom. The number of carboxylic acids is 1. The zero-order valence-corrected chi connectivity index (χ0v) is 30.5. The average molecular weight is 799 g/mol. The van der Waals surface area contributed by atoms with Crippen molar-refractivity contribution < 1.29 is 38.4 Å². The number of carbonyl (C=O) groups is 2. The predicted molar refractivity (Wildman–Crippen MR) is 193 cm³/mol. The van der Waals surface area contributed by atoms with Crippen LogP contribution in [-0.2, 0) is 16.1 Å². The molecule has 0 saturated carbocycles. The lowest BCUT2D eigenvalue weighted by atomic mass is 9.93. The fraction of sp³-hybridized carbons (Fsp3) is 0.278. The highest BCUT2D eigenvalue weighted by Crippen LogP contribution is 2.39. The first-order chi connectivity index (χ1) is 23.6. The number of esters is 1. The number of carbonyl (C=O) groups excluding carboxylic acids is 1. The van der Waals surface area contributed by atoms with Gasteiger partial charge in [-0.3, -0.25) is 9.36 Å². The van der Waals surface area contributed by atoms with Crippen LogP contribution in [0.1, 0.15) is 59.8 Å². The molecule has 3 aromatic carbocycles. The Balaban J connectivity index is 1.63. The van der Waals surface area contributed by atoms with Crippen LogP contribution in [0.5, 0.6) is 23.0 Å². The molecular weight excluding hydrogens is 763 g/mol. The summed E-state index contributed by atoms with van der Waals surface area (Å²) in [6.45, 7) is 4.01. The molecule has 1 aliphatic heterocycles. The molecule has 0 saturated heterocycles. The van der Waals surface area contributed by atoms with E-state index in [2.05, 4.69) is 22.6 Å². The minimum absolute atomic E-state index is 0.127. The standard InChI is InChI=1S/C36H35IN2O9S/c1-6-9-26-30(35(43)47-7-2)31(24-18-23(44-3)12-13-27(24)45-4)39-33(40)29(49-36(39)38-26)17-21-15-25(37)32(28(16-21)46-5)48-19-20-10-8-11-22(14-20)34(41)42/h8,10-18,31H,6-7,9,19H2,1-5H3,(H,41,42)/b29-17+/t31-/m0/s1. The Kier molecular flexibility index (Phi) is 11.4. The van der Waals surface area contributed by atoms with Crippen molar-refractivity contribution in [2.24, 2.45) is 4.99 Å². The smallest absolute Gasteiger partial charge is 0.338 e. The van der Waals surface area contributed by atoms with Gasteiger partial charge in [-0.1, -0.05) is 36.8 Å². The van der Waals surface area contributed by atoms with E-state index >= 15 is 0 Å². The lowest BCUT2D eigenvalue weighted by Gasteiger charge is -2.27. The van der Waals surface area contributed by atoms with Gasteiger partial charge in [-0.25, -0.2) is 14.6 Å². The summed E-state index contributed by atoms with van der Waals surface area (Å²) in [6.07, 6.45) is 2.97. The Morgan fingerprint density at radius 3 is 2.47 bits per heavy atom. The second-order valence-electron chi connectivity index (χ2n) is 10.8. The molecule has 4 aromatic rings. The molecule has 0 aliphatic carbocycles. The van der Waals surface area contributed by atoms with E-state index in [9.17, 15) is 19.5 Å². The first kappa shape index (κ1) is 35.7. The number of hydrogen-bond donors (Lipinski definition) is 1. The van der Waals surface area contributed by atoms with Crippen molar-refractivity contribution >= 4 is 51.9 Å². The van der Waals surface area contributed by atoms with Gasteiger partial charge in [0, 0.05) is 5.56 Å². The maximum Gasteiger partial charge on any atom is 0.338 e. The molecule has 13 heteroatoms. The van der Waals surface area contributed by atoms with E-state index in [0.29, 0.717) is 61.1 Å². The highest BCUT2D eigenvalue weighted by Gasteiger charge is 2.36. The number of thiazole rings is 1. The Morgan fingerprint density at radius 1 is 1.02 bits per heavy atom. The highest BCUT2D eigenvalue weighted by molar-refractivity contribution is 14.1. The van der Waals surface area contributed by atoms with Crippen LogP contribution in [0, 0.1) is 3.57 Å². The monoisotopic (exact) mass is 798 g/mol. The van der Waals surface area contributed by atoms with E-state index in [4.69, 9.17) is 28.7 Å². The molecule has 0 amide bonds. The number of rotatable bonds is 13. The largest absolute Gasteiger partial charge is 0.497 e. The number of allylic oxidation sites excluding steroid dienone is 1. The quantitative estimate of drug-likeness (QED) is 0.138. The summed E-state index contributed by atoms with van der Waals surface area (Å²) in [4.78, 5) is 44.6. The highest BCUT2D eigenvalue weighted by atomic mass is 127. The molecule has 0 unspecified atom stereocenters. The zero-order chi connectivity index (χ0) is 35.2. The van der Waals surface area contributed by atoms with Crippen LogP contribution in [0.15, 0.2) is 75.7 Å². The number of aromatic carboxylic acids is 1. The summed E-state index contributed by atoms with van der Waals surface area (Å²) in [7, 11) is 4.60. The molecule has 5 rings (SSSR count). The van der Waals surface area contributed by atoms with Gasteiger partial charge in [0.25, 0.3) is 5.56 Å². The third kappa shape index (κ3) is 7.52. The van der Waals surface area contributed by atoms with Gasteiger partial charge in [-0.15, -0.1) is 0 Å². The minimum atomic E-state index is -1.02. The minimum Gasteiger partial charge on any atom is -0.497 e. The fourth-order valence-electron chi connectivity index (χ4n) is 5.53. The molecule has 2 heterocycles. The zero-order valence-electron chi connectivity index (χ0n) is 27.6. The molecule has 0 radical (unpaired) electrons. The van der Waals surface area contributed by atoms with Crippen LogP contribution < -0.4 is 33.8 Å². The summed E-state index contributed by atoms with van der Waals surface area (Å²) in [6, 6.07) is 14.5. The van der Waals surface area contributed by atoms with Crippen LogP contribution >= 0.6 is 33.9 Å². The maximum atomic E-state index is 14.3. The number of methoxy groups -OCH3 is 3. The van der Waals surface area contributed by atoms with Gasteiger partial charge >= 0.3 is 11.9 Å². The first-order valence-electron chi connectivity index (χ1n) is 15.4. The van der Waals surface area contributed by atoms with Crippen molar-refractivity contribution in [3.63, 3.8) is 0 Å². The van der Waals surface area contributed by atoms with E-state index in [1.54, 1.807) is 62.6 Å². The molecule has 256 valence electrons. The van der Waals surface area contributed by atoms with E-state index in [1.807, 2.05) is 13.0 Å². The van der Waals surface area contributed by atoms with Gasteiger partial charge in [0.15, 0.2) is 16.3 Å². The summed E-state index contributed by atoms with van der Waals surface area (Å²) >= 11 is 3.35. The van der Waals surface area contributed by atoms with Gasteiger partial charge in [-0.2, -0.15) is 0 Å². The van der Waals surface area contributed by atoms with Gasteiger partial charge in [0.1, 0.15) is 24.1 Å². The number of benzene rings is 3. The third-order valence-corrected chi connectivity index (χ3v) is 9.51. The molecule has 0 spiro atoms. The van der Waals surface area contributed by atoms with Gasteiger partial charge < -0.3 is 28.8 Å². The van der Waals surface area contributed by atoms with Crippen LogP contribution in [0.25, 0.3) is 6.08 Å². The van der Waals surface area contributed by atoms with Crippen LogP contribution in [0.2, 0.25) is 0 Å². The number of carboxylic acid groups (broad SMARTS) is 1. The van der Waals surface area contributed by atoms with E-state index < -0.39 is 18.0 Å². The number of nitrogens with zero attached hydrogens (tertiary/aromatic N) is 2. The second kappa shape index (κ2) is 15.7. The average Bonchev–Trinajstić information content (AvgIpc) is 3.40. The summed E-state index contributed by atoms with van der Waals surface area (Å²) in [5.74, 6) is 0.364. The molecule has 0 bridgehead atoms. The van der Waals surface area contributed by atoms with Crippen molar-refractivity contribution in [2.75, 3.05) is 27.9 Å². The van der Waals surface area contributed by atoms with Gasteiger partial charge in [0.05, 0.1) is 52.9 Å². The molecule has 1 N–H and O–H groups in total. The summed E-state index contributed by atoms with van der Waals surface area (Å²) < 4.78 is 31.1. The van der Waals surface area contributed by atoms with E-state index in [1.165, 1.54) is 36.2 Å². The van der Waals surface area contributed by atoms with Crippen molar-refractivity contribution in [1.82, 2.24) is 4.57 Å². The number of ether oxygens (including phenoxy) is 5. The summed E-state index contributed by atoms with van der Waals surface area (Å²) in [5, 5.41) is 9.33. The van der Waals surface area contributed by atoms with Crippen LogP contribution in [0.4, 0.5) is 0 Å². The van der Waals surface area contributed by atoms with E-state index in [0.717, 1.165) is 9.99 Å².